The van der Waals surface area contributed by atoms with Crippen LogP contribution in [-0.4, -0.2) is 65.3 Å². The molecule has 2 fully saturated rings. The number of rotatable bonds is 6. The van der Waals surface area contributed by atoms with Crippen molar-refractivity contribution < 1.29 is 9.47 Å². The molecule has 9 nitrogen and oxygen atoms in total. The third-order valence-corrected chi connectivity index (χ3v) is 6.54. The number of anilines is 3. The monoisotopic (exact) mass is 461 g/mol. The average molecular weight is 462 g/mol. The van der Waals surface area contributed by atoms with E-state index in [1.165, 1.54) is 5.69 Å². The highest BCUT2D eigenvalue weighted by atomic mass is 16.5. The second-order valence-corrected chi connectivity index (χ2v) is 8.74. The molecule has 34 heavy (non-hydrogen) atoms. The van der Waals surface area contributed by atoms with Gasteiger partial charge in [-0.2, -0.15) is 0 Å². The quantitative estimate of drug-likeness (QED) is 0.571. The number of hydrogen-bond donors (Lipinski definition) is 2. The summed E-state index contributed by atoms with van der Waals surface area (Å²) < 4.78 is 11.3. The van der Waals surface area contributed by atoms with Gasteiger partial charge in [-0.05, 0) is 42.7 Å². The Labute approximate surface area is 199 Å². The SMILES string of the molecule is Nc1cc(COc2nc(-c3ccc(N4CCN(C5CCOCC5)CC4)cc3)cnc2N)ccn1. The van der Waals surface area contributed by atoms with Crippen LogP contribution in [0.5, 0.6) is 5.88 Å². The molecule has 178 valence electrons. The van der Waals surface area contributed by atoms with Crippen LogP contribution in [0.15, 0.2) is 48.8 Å². The van der Waals surface area contributed by atoms with Crippen molar-refractivity contribution in [1.29, 1.82) is 0 Å². The zero-order valence-electron chi connectivity index (χ0n) is 19.3. The van der Waals surface area contributed by atoms with Crippen molar-refractivity contribution in [2.24, 2.45) is 0 Å². The van der Waals surface area contributed by atoms with E-state index in [0.29, 0.717) is 23.4 Å². The van der Waals surface area contributed by atoms with Crippen molar-refractivity contribution in [2.75, 3.05) is 55.8 Å². The van der Waals surface area contributed by atoms with Gasteiger partial charge in [-0.25, -0.2) is 15.0 Å². The molecule has 0 bridgehead atoms. The zero-order valence-corrected chi connectivity index (χ0v) is 19.3. The lowest BCUT2D eigenvalue weighted by molar-refractivity contribution is 0.0321. The number of nitrogens with two attached hydrogens (primary N) is 2. The smallest absolute Gasteiger partial charge is 0.258 e. The highest BCUT2D eigenvalue weighted by Crippen LogP contribution is 2.27. The molecule has 5 rings (SSSR count). The van der Waals surface area contributed by atoms with Crippen LogP contribution in [0.3, 0.4) is 0 Å². The third kappa shape index (κ3) is 5.21. The number of nitrogen functional groups attached to an aromatic ring is 2. The van der Waals surface area contributed by atoms with E-state index in [1.54, 1.807) is 18.5 Å². The summed E-state index contributed by atoms with van der Waals surface area (Å²) in [6.07, 6.45) is 5.62. The predicted octanol–water partition coefficient (Wildman–Crippen LogP) is 2.58. The Kier molecular flexibility index (Phi) is 6.73. The lowest BCUT2D eigenvalue weighted by Crippen LogP contribution is -2.51. The van der Waals surface area contributed by atoms with E-state index < -0.39 is 0 Å². The number of benzene rings is 1. The third-order valence-electron chi connectivity index (χ3n) is 6.54. The first-order valence-corrected chi connectivity index (χ1v) is 11.8. The summed E-state index contributed by atoms with van der Waals surface area (Å²) in [5.74, 6) is 1.00. The fourth-order valence-electron chi connectivity index (χ4n) is 4.60. The van der Waals surface area contributed by atoms with Crippen LogP contribution in [0.2, 0.25) is 0 Å². The van der Waals surface area contributed by atoms with Crippen LogP contribution in [0, 0.1) is 0 Å². The molecule has 9 heteroatoms. The molecule has 0 saturated carbocycles. The Hall–Kier alpha value is -3.43. The average Bonchev–Trinajstić information content (AvgIpc) is 2.89. The second-order valence-electron chi connectivity index (χ2n) is 8.74. The normalized spacial score (nSPS) is 17.6. The molecule has 3 aromatic rings. The first-order chi connectivity index (χ1) is 16.7. The van der Waals surface area contributed by atoms with Crippen LogP contribution in [-0.2, 0) is 11.3 Å². The lowest BCUT2D eigenvalue weighted by Gasteiger charge is -2.41. The van der Waals surface area contributed by atoms with Crippen LogP contribution < -0.4 is 21.1 Å². The van der Waals surface area contributed by atoms with Crippen molar-refractivity contribution in [3.8, 4) is 17.1 Å². The zero-order chi connectivity index (χ0) is 23.3. The second kappa shape index (κ2) is 10.2. The Morgan fingerprint density at radius 1 is 0.971 bits per heavy atom. The summed E-state index contributed by atoms with van der Waals surface area (Å²) in [7, 11) is 0. The highest BCUT2D eigenvalue weighted by molar-refractivity contribution is 5.64. The number of hydrogen-bond acceptors (Lipinski definition) is 9. The van der Waals surface area contributed by atoms with Gasteiger partial charge in [-0.3, -0.25) is 4.90 Å². The van der Waals surface area contributed by atoms with Gasteiger partial charge in [0.1, 0.15) is 12.4 Å². The van der Waals surface area contributed by atoms with Gasteiger partial charge in [0.25, 0.3) is 5.88 Å². The van der Waals surface area contributed by atoms with Crippen molar-refractivity contribution in [3.63, 3.8) is 0 Å². The fraction of sp³-hybridized carbons (Fsp3) is 0.400. The Morgan fingerprint density at radius 3 is 2.47 bits per heavy atom. The van der Waals surface area contributed by atoms with Crippen LogP contribution >= 0.6 is 0 Å². The molecule has 2 aromatic heterocycles. The molecule has 0 amide bonds. The molecule has 0 atom stereocenters. The summed E-state index contributed by atoms with van der Waals surface area (Å²) in [6, 6.07) is 12.7. The van der Waals surface area contributed by atoms with Gasteiger partial charge in [0.05, 0.1) is 11.9 Å². The Morgan fingerprint density at radius 2 is 1.74 bits per heavy atom. The first kappa shape index (κ1) is 22.4. The number of aromatic nitrogens is 3. The molecule has 0 radical (unpaired) electrons. The van der Waals surface area contributed by atoms with Crippen LogP contribution in [0.4, 0.5) is 17.3 Å². The molecule has 1 aromatic carbocycles. The molecule has 4 N–H and O–H groups in total. The van der Waals surface area contributed by atoms with E-state index in [-0.39, 0.29) is 12.4 Å². The summed E-state index contributed by atoms with van der Waals surface area (Å²) in [6.45, 7) is 6.34. The topological polar surface area (TPSA) is 116 Å². The van der Waals surface area contributed by atoms with E-state index >= 15 is 0 Å². The van der Waals surface area contributed by atoms with E-state index in [4.69, 9.17) is 20.9 Å². The number of pyridine rings is 1. The van der Waals surface area contributed by atoms with Gasteiger partial charge in [0.15, 0.2) is 5.82 Å². The summed E-state index contributed by atoms with van der Waals surface area (Å²) in [5.41, 5.74) is 15.5. The minimum atomic E-state index is 0.254. The number of nitrogens with zero attached hydrogens (tertiary/aromatic N) is 5. The lowest BCUT2D eigenvalue weighted by atomic mass is 10.1. The predicted molar refractivity (Wildman–Crippen MR) is 132 cm³/mol. The summed E-state index contributed by atoms with van der Waals surface area (Å²) in [5, 5.41) is 0. The minimum Gasteiger partial charge on any atom is -0.470 e. The van der Waals surface area contributed by atoms with Crippen LogP contribution in [0.1, 0.15) is 18.4 Å². The Bertz CT molecular complexity index is 1090. The van der Waals surface area contributed by atoms with E-state index in [0.717, 1.165) is 63.4 Å². The maximum atomic E-state index is 6.00. The van der Waals surface area contributed by atoms with Gasteiger partial charge < -0.3 is 25.8 Å². The maximum absolute atomic E-state index is 6.00. The van der Waals surface area contributed by atoms with Gasteiger partial charge in [0.2, 0.25) is 0 Å². The summed E-state index contributed by atoms with van der Waals surface area (Å²) >= 11 is 0. The van der Waals surface area contributed by atoms with Gasteiger partial charge in [0, 0.05) is 62.9 Å². The number of piperazine rings is 1. The van der Waals surface area contributed by atoms with E-state index in [9.17, 15) is 0 Å². The van der Waals surface area contributed by atoms with Gasteiger partial charge >= 0.3 is 0 Å². The molecule has 2 aliphatic heterocycles. The molecule has 0 unspecified atom stereocenters. The molecular formula is C25H31N7O2. The largest absolute Gasteiger partial charge is 0.470 e. The molecular weight excluding hydrogens is 430 g/mol. The summed E-state index contributed by atoms with van der Waals surface area (Å²) in [4.78, 5) is 17.9. The van der Waals surface area contributed by atoms with Crippen molar-refractivity contribution >= 4 is 17.3 Å². The van der Waals surface area contributed by atoms with Crippen LogP contribution in [0.25, 0.3) is 11.3 Å². The Balaban J connectivity index is 1.21. The van der Waals surface area contributed by atoms with E-state index in [2.05, 4.69) is 49.0 Å². The molecule has 2 saturated heterocycles. The fourth-order valence-corrected chi connectivity index (χ4v) is 4.60. The highest BCUT2D eigenvalue weighted by Gasteiger charge is 2.25. The standard InChI is InChI=1S/C25H31N7O2/c26-23-15-18(5-8-28-23)17-34-25-24(27)29-16-22(30-25)19-1-3-20(4-2-19)31-9-11-32(12-10-31)21-6-13-33-14-7-21/h1-5,8,15-16,21H,6-7,9-14,17H2,(H2,26,28)(H2,27,29). The van der Waals surface area contributed by atoms with Crippen molar-refractivity contribution in [3.05, 3.63) is 54.4 Å². The molecule has 0 spiro atoms. The van der Waals surface area contributed by atoms with Gasteiger partial charge in [-0.1, -0.05) is 12.1 Å². The maximum Gasteiger partial charge on any atom is 0.258 e. The molecule has 4 heterocycles. The van der Waals surface area contributed by atoms with Crippen molar-refractivity contribution in [2.45, 2.75) is 25.5 Å². The first-order valence-electron chi connectivity index (χ1n) is 11.8. The van der Waals surface area contributed by atoms with Crippen molar-refractivity contribution in [1.82, 2.24) is 19.9 Å². The molecule has 2 aliphatic rings. The van der Waals surface area contributed by atoms with Gasteiger partial charge in [-0.15, -0.1) is 0 Å². The molecule has 0 aliphatic carbocycles. The van der Waals surface area contributed by atoms with E-state index in [1.807, 2.05) is 6.07 Å². The number of ether oxygens (including phenoxy) is 2. The minimum absolute atomic E-state index is 0.254.